The van der Waals surface area contributed by atoms with Crippen LogP contribution in [0.2, 0.25) is 0 Å². The van der Waals surface area contributed by atoms with Gasteiger partial charge in [-0.15, -0.1) is 0 Å². The number of halogens is 3. The van der Waals surface area contributed by atoms with Gasteiger partial charge in [-0.1, -0.05) is 0 Å². The number of nitrogens with zero attached hydrogens (tertiary/aromatic N) is 3. The van der Waals surface area contributed by atoms with Crippen LogP contribution in [-0.2, 0) is 4.79 Å². The van der Waals surface area contributed by atoms with Gasteiger partial charge in [0.2, 0.25) is 0 Å². The third-order valence-electron chi connectivity index (χ3n) is 2.99. The number of rotatable bonds is 6. The van der Waals surface area contributed by atoms with E-state index in [0.29, 0.717) is 13.1 Å². The van der Waals surface area contributed by atoms with Crippen LogP contribution in [0.3, 0.4) is 0 Å². The van der Waals surface area contributed by atoms with Gasteiger partial charge >= 0.3 is 12.1 Å². The van der Waals surface area contributed by atoms with Crippen molar-refractivity contribution in [1.29, 1.82) is 0 Å². The number of carbonyl (C=O) groups is 1. The molecular weight excluding hydrogens is 317 g/mol. The molecule has 0 unspecified atom stereocenters. The fraction of sp³-hybridized carbons (Fsp3) is 0.462. The Balaban J connectivity index is 3.13. The molecular formula is C13H17F3N4O3. The molecule has 1 amide bonds. The highest BCUT2D eigenvalue weighted by atomic mass is 19.4. The Hall–Kier alpha value is -2.36. The molecule has 0 atom stereocenters. The zero-order valence-corrected chi connectivity index (χ0v) is 12.8. The predicted molar refractivity (Wildman–Crippen MR) is 79.6 cm³/mol. The summed E-state index contributed by atoms with van der Waals surface area (Å²) in [5, 5.41) is 12.5. The number of amides is 1. The van der Waals surface area contributed by atoms with Crippen LogP contribution in [0.5, 0.6) is 0 Å². The second-order valence-electron chi connectivity index (χ2n) is 5.14. The number of carbonyl (C=O) groups excluding carboxylic acids is 1. The van der Waals surface area contributed by atoms with Crippen molar-refractivity contribution < 1.29 is 22.9 Å². The minimum Gasteiger partial charge on any atom is -0.372 e. The highest BCUT2D eigenvalue weighted by Gasteiger charge is 2.39. The average molecular weight is 334 g/mol. The standard InChI is InChI=1S/C13H17F3N4O3/c1-18(2)6-7-19(3)11-5-4-9(20(22)23)8-10(11)17-12(21)13(14,15)16/h4-5,8H,6-7H2,1-3H3,(H,17,21). The molecule has 128 valence electrons. The minimum atomic E-state index is -5.08. The number of nitrogens with one attached hydrogen (secondary N) is 1. The van der Waals surface area contributed by atoms with Crippen LogP contribution in [0.15, 0.2) is 18.2 Å². The third kappa shape index (κ3) is 5.40. The average Bonchev–Trinajstić information content (AvgIpc) is 2.43. The van der Waals surface area contributed by atoms with Gasteiger partial charge in [-0.25, -0.2) is 0 Å². The van der Waals surface area contributed by atoms with Crippen molar-refractivity contribution in [2.24, 2.45) is 0 Å². The van der Waals surface area contributed by atoms with Crippen LogP contribution in [0.4, 0.5) is 30.2 Å². The monoisotopic (exact) mass is 334 g/mol. The Bertz CT molecular complexity index is 590. The number of likely N-dealkylation sites (N-methyl/N-ethyl adjacent to an activating group) is 2. The van der Waals surface area contributed by atoms with Gasteiger partial charge in [0.25, 0.3) is 5.69 Å². The second kappa shape index (κ2) is 7.27. The van der Waals surface area contributed by atoms with Gasteiger partial charge in [0, 0.05) is 32.3 Å². The normalized spacial score (nSPS) is 11.4. The zero-order valence-electron chi connectivity index (χ0n) is 12.8. The quantitative estimate of drug-likeness (QED) is 0.637. The second-order valence-corrected chi connectivity index (χ2v) is 5.14. The fourth-order valence-electron chi connectivity index (χ4n) is 1.73. The molecule has 1 N–H and O–H groups in total. The Kier molecular flexibility index (Phi) is 5.91. The van der Waals surface area contributed by atoms with Crippen molar-refractivity contribution in [3.05, 3.63) is 28.3 Å². The fourth-order valence-corrected chi connectivity index (χ4v) is 1.73. The van der Waals surface area contributed by atoms with E-state index in [0.717, 1.165) is 6.07 Å². The van der Waals surface area contributed by atoms with E-state index in [9.17, 15) is 28.1 Å². The molecule has 1 rings (SSSR count). The van der Waals surface area contributed by atoms with Crippen LogP contribution < -0.4 is 10.2 Å². The maximum atomic E-state index is 12.4. The van der Waals surface area contributed by atoms with Crippen LogP contribution in [0, 0.1) is 10.1 Å². The van der Waals surface area contributed by atoms with Gasteiger partial charge in [-0.2, -0.15) is 13.2 Å². The molecule has 7 nitrogen and oxygen atoms in total. The first kappa shape index (κ1) is 18.7. The molecule has 23 heavy (non-hydrogen) atoms. The summed E-state index contributed by atoms with van der Waals surface area (Å²) >= 11 is 0. The summed E-state index contributed by atoms with van der Waals surface area (Å²) in [5.74, 6) is -2.18. The van der Waals surface area contributed by atoms with E-state index in [2.05, 4.69) is 0 Å². The number of nitro groups is 1. The van der Waals surface area contributed by atoms with Crippen molar-refractivity contribution in [3.63, 3.8) is 0 Å². The zero-order chi connectivity index (χ0) is 17.8. The van der Waals surface area contributed by atoms with Gasteiger partial charge in [0.05, 0.1) is 16.3 Å². The van der Waals surface area contributed by atoms with Gasteiger partial charge in [-0.05, 0) is 20.2 Å². The van der Waals surface area contributed by atoms with Crippen molar-refractivity contribution in [2.75, 3.05) is 44.4 Å². The molecule has 1 aromatic carbocycles. The number of non-ortho nitro benzene ring substituents is 1. The van der Waals surface area contributed by atoms with Crippen molar-refractivity contribution in [3.8, 4) is 0 Å². The first-order valence-electron chi connectivity index (χ1n) is 6.55. The Labute approximate surface area is 130 Å². The molecule has 0 aliphatic heterocycles. The number of hydrogen-bond donors (Lipinski definition) is 1. The topological polar surface area (TPSA) is 78.7 Å². The van der Waals surface area contributed by atoms with Crippen LogP contribution >= 0.6 is 0 Å². The predicted octanol–water partition coefficient (Wildman–Crippen LogP) is 2.09. The van der Waals surface area contributed by atoms with Gasteiger partial charge in [-0.3, -0.25) is 14.9 Å². The molecule has 0 aromatic heterocycles. The first-order valence-corrected chi connectivity index (χ1v) is 6.55. The minimum absolute atomic E-state index is 0.259. The van der Waals surface area contributed by atoms with Crippen LogP contribution in [0.25, 0.3) is 0 Å². The molecule has 0 heterocycles. The summed E-state index contributed by atoms with van der Waals surface area (Å²) in [6, 6.07) is 3.38. The van der Waals surface area contributed by atoms with E-state index >= 15 is 0 Å². The number of hydrogen-bond acceptors (Lipinski definition) is 5. The molecule has 0 bridgehead atoms. The highest BCUT2D eigenvalue weighted by molar-refractivity contribution is 5.98. The van der Waals surface area contributed by atoms with Crippen molar-refractivity contribution in [1.82, 2.24) is 4.90 Å². The lowest BCUT2D eigenvalue weighted by Gasteiger charge is -2.24. The van der Waals surface area contributed by atoms with Gasteiger partial charge in [0.15, 0.2) is 0 Å². The lowest BCUT2D eigenvalue weighted by Crippen LogP contribution is -2.32. The summed E-state index contributed by atoms with van der Waals surface area (Å²) in [6.45, 7) is 1.07. The van der Waals surface area contributed by atoms with E-state index in [1.807, 2.05) is 19.0 Å². The summed E-state index contributed by atoms with van der Waals surface area (Å²) in [6.07, 6.45) is -5.08. The maximum Gasteiger partial charge on any atom is 0.471 e. The Morgan fingerprint density at radius 1 is 1.26 bits per heavy atom. The Morgan fingerprint density at radius 3 is 2.35 bits per heavy atom. The number of alkyl halides is 3. The lowest BCUT2D eigenvalue weighted by atomic mass is 10.2. The third-order valence-corrected chi connectivity index (χ3v) is 2.99. The van der Waals surface area contributed by atoms with E-state index in [1.165, 1.54) is 12.1 Å². The summed E-state index contributed by atoms with van der Waals surface area (Å²) < 4.78 is 37.2. The molecule has 0 saturated carbocycles. The maximum absolute atomic E-state index is 12.4. The van der Waals surface area contributed by atoms with E-state index in [1.54, 1.807) is 17.3 Å². The molecule has 0 aliphatic carbocycles. The van der Waals surface area contributed by atoms with Crippen molar-refractivity contribution >= 4 is 23.0 Å². The SMILES string of the molecule is CN(C)CCN(C)c1ccc([N+](=O)[O-])cc1NC(=O)C(F)(F)F. The van der Waals surface area contributed by atoms with Crippen LogP contribution in [0.1, 0.15) is 0 Å². The molecule has 0 fully saturated rings. The summed E-state index contributed by atoms with van der Waals surface area (Å²) in [7, 11) is 5.28. The van der Waals surface area contributed by atoms with E-state index < -0.39 is 22.7 Å². The molecule has 0 saturated heterocycles. The smallest absolute Gasteiger partial charge is 0.372 e. The number of nitro benzene ring substituents is 1. The summed E-state index contributed by atoms with van der Waals surface area (Å²) in [4.78, 5) is 24.6. The van der Waals surface area contributed by atoms with Gasteiger partial charge in [0.1, 0.15) is 0 Å². The van der Waals surface area contributed by atoms with Gasteiger partial charge < -0.3 is 15.1 Å². The molecule has 10 heteroatoms. The molecule has 0 aliphatic rings. The molecule has 1 aromatic rings. The lowest BCUT2D eigenvalue weighted by molar-refractivity contribution is -0.384. The Morgan fingerprint density at radius 2 is 1.87 bits per heavy atom. The van der Waals surface area contributed by atoms with E-state index in [4.69, 9.17) is 0 Å². The molecule has 0 spiro atoms. The van der Waals surface area contributed by atoms with E-state index in [-0.39, 0.29) is 11.4 Å². The highest BCUT2D eigenvalue weighted by Crippen LogP contribution is 2.31. The van der Waals surface area contributed by atoms with Crippen molar-refractivity contribution in [2.45, 2.75) is 6.18 Å². The number of anilines is 2. The summed E-state index contributed by atoms with van der Waals surface area (Å²) in [5.41, 5.74) is -0.412. The van der Waals surface area contributed by atoms with Crippen LogP contribution in [-0.4, -0.2) is 56.1 Å². The molecule has 0 radical (unpaired) electrons. The first-order chi connectivity index (χ1) is 10.5. The number of benzene rings is 1. The largest absolute Gasteiger partial charge is 0.471 e.